The van der Waals surface area contributed by atoms with Crippen molar-refractivity contribution in [1.82, 2.24) is 4.90 Å². The molecule has 0 N–H and O–H groups in total. The van der Waals surface area contributed by atoms with E-state index in [-0.39, 0.29) is 12.0 Å². The fraction of sp³-hybridized carbons (Fsp3) is 0.417. The minimum atomic E-state index is -0.0894. The standard InChI is InChI=1S/C12H15NO2/c1-13-9-11(13)12(14)15-8-7-10-5-3-2-4-6-10/h2-6,11H,7-9H2,1H3/t11-,13?/m0/s1. The van der Waals surface area contributed by atoms with Gasteiger partial charge in [-0.2, -0.15) is 0 Å². The first-order valence-corrected chi connectivity index (χ1v) is 5.18. The molecule has 3 heteroatoms. The van der Waals surface area contributed by atoms with Gasteiger partial charge in [0.05, 0.1) is 6.61 Å². The maximum atomic E-state index is 11.3. The molecule has 1 aliphatic heterocycles. The molecule has 2 atom stereocenters. The van der Waals surface area contributed by atoms with E-state index >= 15 is 0 Å². The lowest BCUT2D eigenvalue weighted by molar-refractivity contribution is -0.143. The van der Waals surface area contributed by atoms with Crippen molar-refractivity contribution in [3.8, 4) is 0 Å². The maximum absolute atomic E-state index is 11.3. The highest BCUT2D eigenvalue weighted by Crippen LogP contribution is 2.14. The SMILES string of the molecule is CN1C[C@H]1C(=O)OCCc1ccccc1. The number of benzene rings is 1. The van der Waals surface area contributed by atoms with Gasteiger partial charge in [0.1, 0.15) is 6.04 Å². The van der Waals surface area contributed by atoms with Crippen molar-refractivity contribution in [2.45, 2.75) is 12.5 Å². The summed E-state index contributed by atoms with van der Waals surface area (Å²) >= 11 is 0. The van der Waals surface area contributed by atoms with E-state index in [0.717, 1.165) is 13.0 Å². The summed E-state index contributed by atoms with van der Waals surface area (Å²) in [6.07, 6.45) is 0.795. The molecule has 1 aliphatic rings. The second-order valence-electron chi connectivity index (χ2n) is 3.86. The molecular formula is C12H15NO2. The third kappa shape index (κ3) is 2.80. The van der Waals surface area contributed by atoms with Crippen LogP contribution in [-0.2, 0) is 16.0 Å². The van der Waals surface area contributed by atoms with E-state index in [2.05, 4.69) is 0 Å². The summed E-state index contributed by atoms with van der Waals surface area (Å²) in [7, 11) is 1.92. The molecule has 1 unspecified atom stereocenters. The Morgan fingerprint density at radius 1 is 1.47 bits per heavy atom. The van der Waals surface area contributed by atoms with Crippen LogP contribution in [0.25, 0.3) is 0 Å². The Morgan fingerprint density at radius 3 is 2.73 bits per heavy atom. The van der Waals surface area contributed by atoms with Gasteiger partial charge >= 0.3 is 5.97 Å². The lowest BCUT2D eigenvalue weighted by atomic mass is 10.2. The van der Waals surface area contributed by atoms with Crippen LogP contribution in [0, 0.1) is 0 Å². The average Bonchev–Trinajstić information content (AvgIpc) is 2.97. The summed E-state index contributed by atoms with van der Waals surface area (Å²) in [4.78, 5) is 13.3. The third-order valence-electron chi connectivity index (χ3n) is 2.61. The van der Waals surface area contributed by atoms with Gasteiger partial charge in [-0.1, -0.05) is 30.3 Å². The van der Waals surface area contributed by atoms with Crippen LogP contribution in [0.1, 0.15) is 5.56 Å². The number of nitrogens with zero attached hydrogens (tertiary/aromatic N) is 1. The maximum Gasteiger partial charge on any atom is 0.324 e. The van der Waals surface area contributed by atoms with Crippen molar-refractivity contribution in [2.75, 3.05) is 20.2 Å². The molecule has 1 aromatic carbocycles. The normalized spacial score (nSPS) is 23.5. The number of likely N-dealkylation sites (N-methyl/N-ethyl adjacent to an activating group) is 1. The smallest absolute Gasteiger partial charge is 0.324 e. The Labute approximate surface area is 89.7 Å². The number of carbonyl (C=O) groups is 1. The topological polar surface area (TPSA) is 29.3 Å². The molecule has 1 aromatic rings. The number of hydrogen-bond acceptors (Lipinski definition) is 3. The molecule has 80 valence electrons. The monoisotopic (exact) mass is 205 g/mol. The van der Waals surface area contributed by atoms with E-state index in [0.29, 0.717) is 6.61 Å². The lowest BCUT2D eigenvalue weighted by Gasteiger charge is -2.03. The molecule has 3 nitrogen and oxygen atoms in total. The summed E-state index contributed by atoms with van der Waals surface area (Å²) in [5.41, 5.74) is 1.20. The highest BCUT2D eigenvalue weighted by Gasteiger charge is 2.38. The largest absolute Gasteiger partial charge is 0.464 e. The number of rotatable bonds is 4. The Kier molecular flexibility index (Phi) is 3.02. The lowest BCUT2D eigenvalue weighted by Crippen LogP contribution is -2.16. The quantitative estimate of drug-likeness (QED) is 0.544. The van der Waals surface area contributed by atoms with E-state index in [1.54, 1.807) is 0 Å². The summed E-state index contributed by atoms with van der Waals surface area (Å²) in [6.45, 7) is 1.32. The molecule has 1 heterocycles. The molecule has 1 fully saturated rings. The molecule has 0 aromatic heterocycles. The number of ether oxygens (including phenoxy) is 1. The second kappa shape index (κ2) is 4.45. The third-order valence-corrected chi connectivity index (χ3v) is 2.61. The molecule has 0 saturated carbocycles. The highest BCUT2D eigenvalue weighted by atomic mass is 16.5. The van der Waals surface area contributed by atoms with Crippen molar-refractivity contribution in [1.29, 1.82) is 0 Å². The minimum Gasteiger partial charge on any atom is -0.464 e. The molecule has 2 rings (SSSR count). The fourth-order valence-electron chi connectivity index (χ4n) is 1.49. The van der Waals surface area contributed by atoms with E-state index < -0.39 is 0 Å². The molecule has 1 saturated heterocycles. The van der Waals surface area contributed by atoms with Crippen molar-refractivity contribution >= 4 is 5.97 Å². The Morgan fingerprint density at radius 2 is 2.13 bits per heavy atom. The highest BCUT2D eigenvalue weighted by molar-refractivity contribution is 5.78. The first-order chi connectivity index (χ1) is 7.27. The van der Waals surface area contributed by atoms with Gasteiger partial charge in [0.2, 0.25) is 0 Å². The van der Waals surface area contributed by atoms with Crippen LogP contribution >= 0.6 is 0 Å². The van der Waals surface area contributed by atoms with Crippen LogP contribution in [0.3, 0.4) is 0 Å². The van der Waals surface area contributed by atoms with Crippen LogP contribution < -0.4 is 0 Å². The summed E-state index contributed by atoms with van der Waals surface area (Å²) in [5.74, 6) is -0.0894. The van der Waals surface area contributed by atoms with Crippen molar-refractivity contribution < 1.29 is 9.53 Å². The summed E-state index contributed by atoms with van der Waals surface area (Å²) in [5, 5.41) is 0. The van der Waals surface area contributed by atoms with Crippen LogP contribution in [-0.4, -0.2) is 37.1 Å². The van der Waals surface area contributed by atoms with Gasteiger partial charge in [-0.25, -0.2) is 0 Å². The molecule has 0 aliphatic carbocycles. The zero-order chi connectivity index (χ0) is 10.7. The van der Waals surface area contributed by atoms with Gasteiger partial charge in [-0.15, -0.1) is 0 Å². The van der Waals surface area contributed by atoms with E-state index in [4.69, 9.17) is 4.74 Å². The predicted molar refractivity (Wildman–Crippen MR) is 57.5 cm³/mol. The second-order valence-corrected chi connectivity index (χ2v) is 3.86. The fourth-order valence-corrected chi connectivity index (χ4v) is 1.49. The Bertz CT molecular complexity index is 337. The summed E-state index contributed by atoms with van der Waals surface area (Å²) < 4.78 is 5.16. The van der Waals surface area contributed by atoms with Gasteiger partial charge in [-0.3, -0.25) is 9.69 Å². The van der Waals surface area contributed by atoms with Crippen molar-refractivity contribution in [3.63, 3.8) is 0 Å². The van der Waals surface area contributed by atoms with Crippen LogP contribution in [0.15, 0.2) is 30.3 Å². The first-order valence-electron chi connectivity index (χ1n) is 5.18. The van der Waals surface area contributed by atoms with Gasteiger partial charge < -0.3 is 4.74 Å². The minimum absolute atomic E-state index is 0.0146. The van der Waals surface area contributed by atoms with Gasteiger partial charge in [0.15, 0.2) is 0 Å². The van der Waals surface area contributed by atoms with Crippen LogP contribution in [0.5, 0.6) is 0 Å². The van der Waals surface area contributed by atoms with E-state index in [1.807, 2.05) is 42.3 Å². The molecule has 15 heavy (non-hydrogen) atoms. The molecule has 0 spiro atoms. The Hall–Kier alpha value is -1.35. The zero-order valence-electron chi connectivity index (χ0n) is 8.85. The predicted octanol–water partition coefficient (Wildman–Crippen LogP) is 1.09. The number of esters is 1. The zero-order valence-corrected chi connectivity index (χ0v) is 8.85. The molecule has 0 radical (unpaired) electrons. The van der Waals surface area contributed by atoms with Crippen molar-refractivity contribution in [2.24, 2.45) is 0 Å². The molecule has 0 bridgehead atoms. The molecular weight excluding hydrogens is 190 g/mol. The van der Waals surface area contributed by atoms with Crippen molar-refractivity contribution in [3.05, 3.63) is 35.9 Å². The average molecular weight is 205 g/mol. The van der Waals surface area contributed by atoms with Gasteiger partial charge in [-0.05, 0) is 12.6 Å². The van der Waals surface area contributed by atoms with Crippen LogP contribution in [0.2, 0.25) is 0 Å². The van der Waals surface area contributed by atoms with Gasteiger partial charge in [0, 0.05) is 13.0 Å². The van der Waals surface area contributed by atoms with Gasteiger partial charge in [0.25, 0.3) is 0 Å². The number of carbonyl (C=O) groups excluding carboxylic acids is 1. The number of hydrogen-bond donors (Lipinski definition) is 0. The Balaban J connectivity index is 1.69. The summed E-state index contributed by atoms with van der Waals surface area (Å²) in [6, 6.07) is 10.1. The molecule has 0 amide bonds. The van der Waals surface area contributed by atoms with Crippen LogP contribution in [0.4, 0.5) is 0 Å². The first kappa shape index (κ1) is 10.2. The van der Waals surface area contributed by atoms with E-state index in [9.17, 15) is 4.79 Å². The van der Waals surface area contributed by atoms with E-state index in [1.165, 1.54) is 5.56 Å².